The summed E-state index contributed by atoms with van der Waals surface area (Å²) in [4.78, 5) is 224. The molecule has 2 aliphatic rings. The van der Waals surface area contributed by atoms with Crippen LogP contribution in [0, 0.1) is 17.3 Å². The van der Waals surface area contributed by atoms with Crippen molar-refractivity contribution in [3.05, 3.63) is 96.2 Å². The third kappa shape index (κ3) is 37.2. The minimum absolute atomic E-state index is 0.0604. The van der Waals surface area contributed by atoms with Crippen LogP contribution >= 0.6 is 11.8 Å². The summed E-state index contributed by atoms with van der Waals surface area (Å²) in [6.45, 7) is 38.0. The summed E-state index contributed by atoms with van der Waals surface area (Å²) < 4.78 is 39.2. The van der Waals surface area contributed by atoms with E-state index in [1.165, 1.54) is 32.9 Å². The summed E-state index contributed by atoms with van der Waals surface area (Å²) in [6.07, 6.45) is -2.23. The van der Waals surface area contributed by atoms with Gasteiger partial charge in [-0.05, 0) is 168 Å². The number of fused-ring (bicyclic) bond motifs is 3. The number of carbonyl (C=O) groups is 16. The first-order valence-electron chi connectivity index (χ1n) is 42.5. The van der Waals surface area contributed by atoms with Gasteiger partial charge in [-0.25, -0.2) is 4.79 Å². The molecule has 1 saturated carbocycles. The standard InChI is InChI=1S/C90H134N10O23S/c1-22-43-118-69(103)39-37-63(95-80(110)62(36-30-31-42-91-65(46-52(5)6)74-67(101)48-90(20,21)49-68(74)102)97-86(116)120-51-61-59-34-28-26-32-57(59)58-33-27-29-35-60(58)61)79(109)93-54(8)78(108)94-64(38-40-70(104)119-44-23-2)81(111)96-66(47-72(106)123-89(17,18)19)82(112)98-75(53(7)24-3)84(114)100-77(56(10)122-88(14,15)16)85(115)99-76(55(9)121-87(11,12)13)83(113)92-50-73(107)124-45-41-71(105)117-25-4/h22-23,26-29,32-35,52-56,61-64,66,75-77,91H,1-2,24-25,30-31,36-51H2,3-21H3,(H,92,113)(H,93,109)(H,94,108)(H,95,110)(H,96,111)(H,97,116)(H,98,112)(H,99,115)(H,100,114)/t53-,54+,55-,56?,62+,63?,64?,66+,75?,76?,77+/m1/s1. The lowest BCUT2D eigenvalue weighted by Gasteiger charge is -2.35. The summed E-state index contributed by atoms with van der Waals surface area (Å²) in [5.41, 5.74) is 0.899. The topological polar surface area (TPSA) is 458 Å². The van der Waals surface area contributed by atoms with Crippen molar-refractivity contribution < 1.29 is 110 Å². The second-order valence-corrected chi connectivity index (χ2v) is 36.3. The van der Waals surface area contributed by atoms with E-state index in [9.17, 15) is 67.1 Å². The smallest absolute Gasteiger partial charge is 0.407 e. The number of hydrogen-bond acceptors (Lipinski definition) is 25. The molecule has 124 heavy (non-hydrogen) atoms. The maximum absolute atomic E-state index is 15.0. The molecule has 2 aliphatic carbocycles. The molecule has 0 heterocycles. The zero-order valence-corrected chi connectivity index (χ0v) is 76.4. The Balaban J connectivity index is 1.71. The van der Waals surface area contributed by atoms with E-state index in [2.05, 4.69) is 66.3 Å². The number of nitrogens with one attached hydrogen (secondary N) is 10. The Morgan fingerprint density at radius 2 is 0.960 bits per heavy atom. The predicted octanol–water partition coefficient (Wildman–Crippen LogP) is 7.86. The molecule has 34 heteroatoms. The second kappa shape index (κ2) is 50.6. The van der Waals surface area contributed by atoms with Gasteiger partial charge in [-0.1, -0.05) is 134 Å². The number of unbranched alkanes of at least 4 members (excludes halogenated alkanes) is 1. The number of thioether (sulfide) groups is 1. The fourth-order valence-electron chi connectivity index (χ4n) is 13.8. The summed E-state index contributed by atoms with van der Waals surface area (Å²) >= 11 is 0.785. The lowest BCUT2D eigenvalue weighted by atomic mass is 9.73. The van der Waals surface area contributed by atoms with Crippen LogP contribution in [-0.4, -0.2) is 217 Å². The van der Waals surface area contributed by atoms with Crippen molar-refractivity contribution in [3.8, 4) is 11.1 Å². The molecule has 2 aromatic rings. The van der Waals surface area contributed by atoms with Crippen molar-refractivity contribution in [3.63, 3.8) is 0 Å². The van der Waals surface area contributed by atoms with E-state index in [0.717, 1.165) is 34.0 Å². The van der Waals surface area contributed by atoms with E-state index in [1.54, 1.807) is 83.1 Å². The average molecular weight is 1760 g/mol. The van der Waals surface area contributed by atoms with Gasteiger partial charge in [-0.2, -0.15) is 0 Å². The van der Waals surface area contributed by atoms with E-state index in [-0.39, 0.29) is 106 Å². The predicted molar refractivity (Wildman–Crippen MR) is 466 cm³/mol. The van der Waals surface area contributed by atoms with Crippen LogP contribution in [-0.2, 0) is 105 Å². The number of amides is 9. The van der Waals surface area contributed by atoms with Gasteiger partial charge in [0.15, 0.2) is 11.6 Å². The zero-order chi connectivity index (χ0) is 93.1. The quantitative estimate of drug-likeness (QED) is 0.00752. The first-order chi connectivity index (χ1) is 58.0. The molecule has 5 unspecified atom stereocenters. The van der Waals surface area contributed by atoms with Crippen LogP contribution in [0.25, 0.3) is 11.1 Å². The maximum Gasteiger partial charge on any atom is 0.407 e. The van der Waals surface area contributed by atoms with Crippen molar-refractivity contribution >= 4 is 106 Å². The number of Topliss-reactive ketones (excluding diaryl/α,β-unsaturated/α-hetero) is 2. The molecule has 2 aromatic carbocycles. The molecule has 0 aromatic heterocycles. The Kier molecular flexibility index (Phi) is 43.2. The van der Waals surface area contributed by atoms with Gasteiger partial charge in [0.1, 0.15) is 73.8 Å². The van der Waals surface area contributed by atoms with Crippen molar-refractivity contribution in [2.75, 3.05) is 45.3 Å². The Morgan fingerprint density at radius 3 is 1.45 bits per heavy atom. The number of ketones is 2. The van der Waals surface area contributed by atoms with E-state index < -0.39 is 210 Å². The van der Waals surface area contributed by atoms with Gasteiger partial charge < -0.3 is 86.3 Å². The van der Waals surface area contributed by atoms with E-state index >= 15 is 9.59 Å². The Hall–Kier alpha value is -10.3. The molecule has 688 valence electrons. The normalized spacial score (nSPS) is 15.8. The van der Waals surface area contributed by atoms with Crippen LogP contribution in [0.4, 0.5) is 4.79 Å². The van der Waals surface area contributed by atoms with Gasteiger partial charge in [-0.15, -0.1) is 0 Å². The van der Waals surface area contributed by atoms with Crippen LogP contribution in [0.3, 0.4) is 0 Å². The molecule has 0 saturated heterocycles. The SMILES string of the molecule is C=CCOC(=O)CCC(NC(=O)[C@H](C)NC(=O)C(CCC(=O)OCC=C)NC(=O)[C@H](CCCCNC(CC(C)C)=C1C(=O)CC(C)(C)CC1=O)NC(=O)OCC1c2ccccc2-c2ccccc21)C(=O)N[C@@H](CC(=O)OC(C)(C)C)C(=O)NC(C(=O)N[C@H](C(=O)NC(C(=O)NCC(=O)SCCC(=O)OCC)[C@@H](C)OC(C)(C)C)C(C)OC(C)(C)C)[C@H](C)CC. The van der Waals surface area contributed by atoms with Crippen LogP contribution in [0.15, 0.2) is 85.1 Å². The average Bonchev–Trinajstić information content (AvgIpc) is 1.64. The highest BCUT2D eigenvalue weighted by Gasteiger charge is 2.43. The van der Waals surface area contributed by atoms with Crippen LogP contribution in [0.2, 0.25) is 0 Å². The summed E-state index contributed by atoms with van der Waals surface area (Å²) in [6, 6.07) is 2.12. The van der Waals surface area contributed by atoms with Gasteiger partial charge in [0.05, 0.1) is 55.0 Å². The highest BCUT2D eigenvalue weighted by molar-refractivity contribution is 8.13. The number of hydrogen-bond donors (Lipinski definition) is 10. The lowest BCUT2D eigenvalue weighted by molar-refractivity contribution is -0.157. The van der Waals surface area contributed by atoms with Gasteiger partial charge in [0, 0.05) is 49.6 Å². The molecule has 0 radical (unpaired) electrons. The molecule has 9 amide bonds. The molecular formula is C90H134N10O23S. The van der Waals surface area contributed by atoms with Crippen molar-refractivity contribution in [2.24, 2.45) is 17.3 Å². The van der Waals surface area contributed by atoms with E-state index in [0.29, 0.717) is 18.5 Å². The number of alkyl carbamates (subject to hydrolysis) is 1. The number of carbonyl (C=O) groups excluding carboxylic acids is 16. The van der Waals surface area contributed by atoms with Gasteiger partial charge >= 0.3 is 30.0 Å². The van der Waals surface area contributed by atoms with Gasteiger partial charge in [0.25, 0.3) is 0 Å². The fraction of sp³-hybridized carbons (Fsp3) is 0.622. The third-order valence-corrected chi connectivity index (χ3v) is 20.5. The number of esters is 4. The highest BCUT2D eigenvalue weighted by atomic mass is 32.2. The minimum Gasteiger partial charge on any atom is -0.466 e. The molecule has 11 atom stereocenters. The third-order valence-electron chi connectivity index (χ3n) is 19.7. The maximum atomic E-state index is 15.0. The number of ether oxygens (including phenoxy) is 7. The molecule has 1 fully saturated rings. The Morgan fingerprint density at radius 1 is 0.500 bits per heavy atom. The zero-order valence-electron chi connectivity index (χ0n) is 75.6. The molecule has 0 bridgehead atoms. The van der Waals surface area contributed by atoms with Crippen molar-refractivity contribution in [1.29, 1.82) is 0 Å². The monoisotopic (exact) mass is 1750 g/mol. The summed E-state index contributed by atoms with van der Waals surface area (Å²) in [7, 11) is 0. The molecular weight excluding hydrogens is 1620 g/mol. The first kappa shape index (κ1) is 106. The van der Waals surface area contributed by atoms with Crippen LogP contribution < -0.4 is 53.2 Å². The van der Waals surface area contributed by atoms with Crippen molar-refractivity contribution in [2.45, 2.75) is 298 Å². The number of allylic oxidation sites excluding steroid dienone is 2. The molecule has 0 spiro atoms. The van der Waals surface area contributed by atoms with Gasteiger partial charge in [-0.3, -0.25) is 71.9 Å². The molecule has 0 aliphatic heterocycles. The number of benzene rings is 2. The Labute approximate surface area is 733 Å². The molecule has 33 nitrogen and oxygen atoms in total. The molecule has 4 rings (SSSR count). The van der Waals surface area contributed by atoms with Gasteiger partial charge in [0.2, 0.25) is 52.4 Å². The largest absolute Gasteiger partial charge is 0.466 e. The summed E-state index contributed by atoms with van der Waals surface area (Å²) in [5.74, 6) is -13.0. The highest BCUT2D eigenvalue weighted by Crippen LogP contribution is 2.45. The second-order valence-electron chi connectivity index (χ2n) is 35.2. The summed E-state index contributed by atoms with van der Waals surface area (Å²) in [5, 5.41) is 26.1. The van der Waals surface area contributed by atoms with Crippen LogP contribution in [0.1, 0.15) is 232 Å². The van der Waals surface area contributed by atoms with E-state index in [1.807, 2.05) is 76.2 Å². The molecule has 10 N–H and O–H groups in total. The van der Waals surface area contributed by atoms with Crippen LogP contribution in [0.5, 0.6) is 0 Å². The van der Waals surface area contributed by atoms with E-state index in [4.69, 9.17) is 33.2 Å². The minimum atomic E-state index is -1.94. The Bertz CT molecular complexity index is 4050. The first-order valence-corrected chi connectivity index (χ1v) is 43.5. The fourth-order valence-corrected chi connectivity index (χ4v) is 14.5. The number of rotatable bonds is 50. The van der Waals surface area contributed by atoms with Crippen molar-refractivity contribution in [1.82, 2.24) is 53.2 Å². The lowest BCUT2D eigenvalue weighted by Crippen LogP contribution is -2.64.